The Morgan fingerprint density at radius 3 is 2.20 bits per heavy atom. The number of ether oxygens (including phenoxy) is 4. The van der Waals surface area contributed by atoms with E-state index in [0.29, 0.717) is 28.6 Å². The maximum absolute atomic E-state index is 15.3. The van der Waals surface area contributed by atoms with Gasteiger partial charge in [-0.25, -0.2) is 24.2 Å². The molecule has 3 saturated heterocycles. The van der Waals surface area contributed by atoms with Gasteiger partial charge >= 0.3 is 43.2 Å². The van der Waals surface area contributed by atoms with Gasteiger partial charge < -0.3 is 72.2 Å². The second kappa shape index (κ2) is 23.2. The van der Waals surface area contributed by atoms with Crippen LogP contribution in [0.3, 0.4) is 0 Å². The lowest BCUT2D eigenvalue weighted by atomic mass is 9.43. The molecule has 76 heavy (non-hydrogen) atoms. The largest absolute Gasteiger partial charge is 1.00 e. The summed E-state index contributed by atoms with van der Waals surface area (Å²) in [5.74, 6) is -3.63. The zero-order valence-corrected chi connectivity index (χ0v) is 50.3. The average Bonchev–Trinajstić information content (AvgIpc) is 4.03. The molecule has 2 aromatic rings. The molecule has 0 spiro atoms. The summed E-state index contributed by atoms with van der Waals surface area (Å²) in [6.45, 7) is 26.7. The van der Waals surface area contributed by atoms with E-state index < -0.39 is 83.5 Å². The predicted molar refractivity (Wildman–Crippen MR) is 282 cm³/mol. The number of imide groups is 1. The van der Waals surface area contributed by atoms with Crippen LogP contribution < -0.4 is 44.7 Å². The van der Waals surface area contributed by atoms with Crippen LogP contribution in [0.1, 0.15) is 143 Å². The Kier molecular flexibility index (Phi) is 18.6. The number of amides is 6. The zero-order valence-electron chi connectivity index (χ0n) is 46.5. The number of anilines is 1. The third-order valence-corrected chi connectivity index (χ3v) is 16.7. The summed E-state index contributed by atoms with van der Waals surface area (Å²) < 4.78 is 38.0. The monoisotopic (exact) mass is 1210 g/mol. The highest BCUT2D eigenvalue weighted by atomic mass is 127. The third-order valence-electron chi connectivity index (χ3n) is 14.9. The number of likely N-dealkylation sites (N-methyl/N-ethyl adjacent to an activating group) is 1. The van der Waals surface area contributed by atoms with Crippen LogP contribution in [-0.2, 0) is 44.3 Å². The molecule has 4 heterocycles. The fourth-order valence-corrected chi connectivity index (χ4v) is 12.8. The molecular formula is C52H77BIN7O13S2. The van der Waals surface area contributed by atoms with Crippen LogP contribution in [0.2, 0.25) is 0 Å². The highest BCUT2D eigenvalue weighted by molar-refractivity contribution is 7.99. The minimum Gasteiger partial charge on any atom is -1.00 e. The van der Waals surface area contributed by atoms with Crippen LogP contribution >= 0.6 is 23.1 Å². The first-order valence-electron chi connectivity index (χ1n) is 26.1. The molecule has 3 saturated carbocycles. The SMILES string of the molecule is CCN1CCN(C(=O)NC(C(=O)N[C@@H](Cc2ccc(SCC[N+]3(C)CCCC3)c(C(=O)OC(C)(C)C)c2OC(=O)OC(C)(C)C)B2O[C@@H]3C[C@@H]4C[C@@H](C4(C)C)[C@]3(C)O2)c2csc(NC(=O)OC(C)(C)C)n2)C(=O)C1=O.[I-]. The van der Waals surface area contributed by atoms with Crippen molar-refractivity contribution in [2.24, 2.45) is 17.3 Å². The number of aromatic nitrogens is 1. The molecular weight excluding hydrogens is 1130 g/mol. The first-order valence-corrected chi connectivity index (χ1v) is 27.9. The molecule has 6 fully saturated rings. The smallest absolute Gasteiger partial charge is 0.514 e. The number of hydrogen-bond acceptors (Lipinski definition) is 16. The van der Waals surface area contributed by atoms with E-state index in [1.807, 2.05) is 6.92 Å². The summed E-state index contributed by atoms with van der Waals surface area (Å²) in [6, 6.07) is 0.843. The van der Waals surface area contributed by atoms with Crippen molar-refractivity contribution in [1.29, 1.82) is 0 Å². The molecule has 24 heteroatoms. The molecule has 2 bridgehead atoms. The molecule has 1 unspecified atom stereocenters. The first kappa shape index (κ1) is 61.0. The number of nitrogens with zero attached hydrogens (tertiary/aromatic N) is 4. The number of piperazine rings is 1. The summed E-state index contributed by atoms with van der Waals surface area (Å²) in [6.07, 6.45) is 1.52. The van der Waals surface area contributed by atoms with Crippen molar-refractivity contribution in [2.75, 3.05) is 57.4 Å². The molecule has 6 amide bonds. The van der Waals surface area contributed by atoms with E-state index >= 15 is 4.79 Å². The van der Waals surface area contributed by atoms with Gasteiger partial charge in [0.1, 0.15) is 22.4 Å². The number of halogens is 1. The van der Waals surface area contributed by atoms with Gasteiger partial charge in [0, 0.05) is 48.5 Å². The number of nitrogens with one attached hydrogen (secondary N) is 3. The maximum atomic E-state index is 15.3. The number of urea groups is 1. The molecule has 20 nitrogen and oxygen atoms in total. The predicted octanol–water partition coefficient (Wildman–Crippen LogP) is 4.53. The van der Waals surface area contributed by atoms with Crippen LogP contribution in [0.15, 0.2) is 22.4 Å². The van der Waals surface area contributed by atoms with Crippen LogP contribution in [0.4, 0.5) is 19.5 Å². The second-order valence-electron chi connectivity index (χ2n) is 24.4. The van der Waals surface area contributed by atoms with Crippen molar-refractivity contribution >= 4 is 77.3 Å². The fraction of sp³-hybridized carbons (Fsp3) is 0.692. The Hall–Kier alpha value is -4.24. The Labute approximate surface area is 472 Å². The number of thiazole rings is 1. The van der Waals surface area contributed by atoms with Crippen LogP contribution in [0, 0.1) is 17.3 Å². The Balaban J connectivity index is 0.00000937. The van der Waals surface area contributed by atoms with Gasteiger partial charge in [0.05, 0.1) is 50.0 Å². The van der Waals surface area contributed by atoms with E-state index in [4.69, 9.17) is 28.3 Å². The van der Waals surface area contributed by atoms with E-state index in [1.165, 1.54) is 22.0 Å². The summed E-state index contributed by atoms with van der Waals surface area (Å²) >= 11 is 2.41. The molecule has 1 aromatic carbocycles. The van der Waals surface area contributed by atoms with Crippen molar-refractivity contribution in [3.05, 3.63) is 34.3 Å². The number of rotatable bonds is 15. The molecule has 3 aliphatic heterocycles. The number of thioether (sulfide) groups is 1. The highest BCUT2D eigenvalue weighted by Gasteiger charge is 2.68. The lowest BCUT2D eigenvalue weighted by Gasteiger charge is -2.64. The zero-order chi connectivity index (χ0) is 55.2. The molecule has 6 aliphatic rings. The van der Waals surface area contributed by atoms with E-state index in [-0.39, 0.29) is 89.6 Å². The van der Waals surface area contributed by atoms with Crippen molar-refractivity contribution in [3.63, 3.8) is 0 Å². The van der Waals surface area contributed by atoms with Crippen molar-refractivity contribution in [3.8, 4) is 5.75 Å². The number of quaternary nitrogens is 1. The Bertz CT molecular complexity index is 2540. The van der Waals surface area contributed by atoms with Gasteiger partial charge in [-0.3, -0.25) is 24.6 Å². The highest BCUT2D eigenvalue weighted by Crippen LogP contribution is 2.66. The standard InChI is InChI=1S/C52H76BN7O13S2.HI/c1-15-58-20-21-59(42(63)41(58)62)45(65)56-38(32-29-75-44(54-32)57-46(66)70-49(5,6)7)40(61)55-36(53-72-35-28-31-27-34(51(31,11)12)52(35,13)73-53)26-30-18-19-33(74-25-24-60(14)22-16-17-23-60)37(43(64)69-48(2,3)4)39(30)68-47(67)71-50(8,9)10;/h18-19,29,31,34-36,38H,15-17,20-28H2,1-14H3,(H2-,54,55,56,57,61,65,66);1H/t31-,34-,35+,36-,38?,52-;/m0./s1. The van der Waals surface area contributed by atoms with Gasteiger partial charge in [0.15, 0.2) is 16.9 Å². The molecule has 420 valence electrons. The number of likely N-dealkylation sites (tertiary alicyclic amines) is 1. The van der Waals surface area contributed by atoms with Gasteiger partial charge in [-0.15, -0.1) is 23.1 Å². The average molecular weight is 1210 g/mol. The Morgan fingerprint density at radius 1 is 0.921 bits per heavy atom. The van der Waals surface area contributed by atoms with Gasteiger partial charge in [-0.2, -0.15) is 0 Å². The minimum atomic E-state index is -1.64. The number of hydrogen-bond donors (Lipinski definition) is 3. The lowest BCUT2D eigenvalue weighted by molar-refractivity contribution is -0.895. The number of esters is 1. The molecule has 1 aromatic heterocycles. The fourth-order valence-electron chi connectivity index (χ4n) is 10.9. The minimum absolute atomic E-state index is 0. The summed E-state index contributed by atoms with van der Waals surface area (Å²) in [7, 11) is 1.10. The van der Waals surface area contributed by atoms with Gasteiger partial charge in [0.25, 0.3) is 0 Å². The van der Waals surface area contributed by atoms with E-state index in [1.54, 1.807) is 81.4 Å². The van der Waals surface area contributed by atoms with Crippen molar-refractivity contribution < 1.29 is 90.3 Å². The maximum Gasteiger partial charge on any atom is 0.514 e. The van der Waals surface area contributed by atoms with E-state index in [9.17, 15) is 28.8 Å². The van der Waals surface area contributed by atoms with Gasteiger partial charge in [-0.1, -0.05) is 19.9 Å². The topological polar surface area (TPSA) is 230 Å². The molecule has 6 atom stereocenters. The summed E-state index contributed by atoms with van der Waals surface area (Å²) in [5, 5.41) is 9.79. The molecule has 0 radical (unpaired) electrons. The van der Waals surface area contributed by atoms with Crippen LogP contribution in [0.25, 0.3) is 0 Å². The number of carbonyl (C=O) groups excluding carboxylic acids is 7. The molecule has 3 N–H and O–H groups in total. The second-order valence-corrected chi connectivity index (χ2v) is 26.4. The van der Waals surface area contributed by atoms with Crippen molar-refractivity contribution in [1.82, 2.24) is 25.4 Å². The van der Waals surface area contributed by atoms with E-state index in [2.05, 4.69) is 41.8 Å². The Morgan fingerprint density at radius 2 is 1.58 bits per heavy atom. The third kappa shape index (κ3) is 14.1. The molecule has 8 rings (SSSR count). The van der Waals surface area contributed by atoms with Gasteiger partial charge in [0.2, 0.25) is 5.91 Å². The van der Waals surface area contributed by atoms with Gasteiger partial charge in [-0.05, 0) is 124 Å². The van der Waals surface area contributed by atoms with E-state index in [0.717, 1.165) is 59.6 Å². The van der Waals surface area contributed by atoms with Crippen molar-refractivity contribution in [2.45, 2.75) is 167 Å². The van der Waals surface area contributed by atoms with Crippen LogP contribution in [-0.4, -0.2) is 155 Å². The van der Waals surface area contributed by atoms with Crippen LogP contribution in [0.5, 0.6) is 5.75 Å². The number of carbonyl (C=O) groups is 7. The lowest BCUT2D eigenvalue weighted by Crippen LogP contribution is -3.00. The summed E-state index contributed by atoms with van der Waals surface area (Å²) in [5.41, 5.74) is -3.31. The normalized spacial score (nSPS) is 23.6. The molecule has 3 aliphatic carbocycles. The first-order chi connectivity index (χ1) is 34.8. The summed E-state index contributed by atoms with van der Waals surface area (Å²) in [4.78, 5) is 104. The number of benzene rings is 1. The quantitative estimate of drug-likeness (QED) is 0.0325.